The Hall–Kier alpha value is -1.75. The largest absolute Gasteiger partial charge is 0.493 e. The van der Waals surface area contributed by atoms with Crippen molar-refractivity contribution in [3.63, 3.8) is 0 Å². The Labute approximate surface area is 157 Å². The molecule has 144 valence electrons. The minimum atomic E-state index is 0.222. The van der Waals surface area contributed by atoms with E-state index in [2.05, 4.69) is 17.9 Å². The van der Waals surface area contributed by atoms with Crippen molar-refractivity contribution in [1.29, 1.82) is 0 Å². The summed E-state index contributed by atoms with van der Waals surface area (Å²) in [5.41, 5.74) is 1.18. The standard InChI is InChI=1S/C21H32N2O3/c1-16-7-13-23(14-8-16)21(24)17-9-11-22(12-10-17)15-18-5-4-6-19(25-2)20(18)26-3/h4-6,16-17H,7-15H2,1-3H3/p+1. The number of likely N-dealkylation sites (tertiary alicyclic amines) is 2. The highest BCUT2D eigenvalue weighted by Crippen LogP contribution is 2.30. The van der Waals surface area contributed by atoms with Crippen molar-refractivity contribution >= 4 is 5.91 Å². The molecule has 5 heteroatoms. The highest BCUT2D eigenvalue weighted by Gasteiger charge is 2.32. The number of para-hydroxylation sites is 1. The average Bonchev–Trinajstić information content (AvgIpc) is 2.68. The fraction of sp³-hybridized carbons (Fsp3) is 0.667. The third-order valence-electron chi connectivity index (χ3n) is 6.06. The number of methoxy groups -OCH3 is 2. The van der Waals surface area contributed by atoms with Crippen molar-refractivity contribution in [2.24, 2.45) is 11.8 Å². The quantitative estimate of drug-likeness (QED) is 0.869. The van der Waals surface area contributed by atoms with Gasteiger partial charge in [0, 0.05) is 31.8 Å². The first-order valence-corrected chi connectivity index (χ1v) is 9.94. The number of nitrogens with zero attached hydrogens (tertiary/aromatic N) is 1. The van der Waals surface area contributed by atoms with E-state index in [1.807, 2.05) is 12.1 Å². The lowest BCUT2D eigenvalue weighted by Crippen LogP contribution is -3.11. The molecule has 1 N–H and O–H groups in total. The summed E-state index contributed by atoms with van der Waals surface area (Å²) in [6.45, 7) is 7.20. The molecule has 0 spiro atoms. The van der Waals surface area contributed by atoms with E-state index in [0.717, 1.165) is 75.8 Å². The smallest absolute Gasteiger partial charge is 0.226 e. The summed E-state index contributed by atoms with van der Waals surface area (Å²) in [5, 5.41) is 0. The molecule has 0 unspecified atom stereocenters. The molecule has 2 fully saturated rings. The van der Waals surface area contributed by atoms with Gasteiger partial charge in [0.1, 0.15) is 6.54 Å². The summed E-state index contributed by atoms with van der Waals surface area (Å²) >= 11 is 0. The van der Waals surface area contributed by atoms with Crippen LogP contribution in [0, 0.1) is 11.8 Å². The van der Waals surface area contributed by atoms with Gasteiger partial charge in [0.25, 0.3) is 0 Å². The van der Waals surface area contributed by atoms with Gasteiger partial charge in [-0.05, 0) is 30.9 Å². The van der Waals surface area contributed by atoms with Crippen molar-refractivity contribution in [3.8, 4) is 11.5 Å². The van der Waals surface area contributed by atoms with Crippen LogP contribution in [0.15, 0.2) is 18.2 Å². The second kappa shape index (κ2) is 8.76. The van der Waals surface area contributed by atoms with Gasteiger partial charge in [0.15, 0.2) is 11.5 Å². The Morgan fingerprint density at radius 2 is 1.81 bits per heavy atom. The number of carbonyl (C=O) groups excluding carboxylic acids is 1. The topological polar surface area (TPSA) is 43.2 Å². The maximum absolute atomic E-state index is 12.8. The molecule has 3 rings (SSSR count). The monoisotopic (exact) mass is 361 g/mol. The highest BCUT2D eigenvalue weighted by molar-refractivity contribution is 5.79. The SMILES string of the molecule is COc1cccc(C[NH+]2CCC(C(=O)N3CCC(C)CC3)CC2)c1OC. The van der Waals surface area contributed by atoms with Gasteiger partial charge in [-0.15, -0.1) is 0 Å². The number of rotatable bonds is 5. The highest BCUT2D eigenvalue weighted by atomic mass is 16.5. The van der Waals surface area contributed by atoms with Gasteiger partial charge in [0.05, 0.1) is 32.9 Å². The van der Waals surface area contributed by atoms with Crippen LogP contribution in [0.4, 0.5) is 0 Å². The predicted molar refractivity (Wildman–Crippen MR) is 102 cm³/mol. The van der Waals surface area contributed by atoms with Crippen LogP contribution in [0.3, 0.4) is 0 Å². The molecule has 1 aromatic carbocycles. The van der Waals surface area contributed by atoms with Crippen molar-refractivity contribution in [2.45, 2.75) is 39.2 Å². The van der Waals surface area contributed by atoms with Crippen LogP contribution >= 0.6 is 0 Å². The fourth-order valence-electron chi connectivity index (χ4n) is 4.30. The van der Waals surface area contributed by atoms with Crippen LogP contribution in [0.25, 0.3) is 0 Å². The first-order chi connectivity index (χ1) is 12.6. The lowest BCUT2D eigenvalue weighted by molar-refractivity contribution is -0.919. The summed E-state index contributed by atoms with van der Waals surface area (Å²) < 4.78 is 11.0. The van der Waals surface area contributed by atoms with Crippen molar-refractivity contribution in [3.05, 3.63) is 23.8 Å². The minimum absolute atomic E-state index is 0.222. The van der Waals surface area contributed by atoms with Crippen LogP contribution < -0.4 is 14.4 Å². The summed E-state index contributed by atoms with van der Waals surface area (Å²) in [4.78, 5) is 16.4. The van der Waals surface area contributed by atoms with Crippen molar-refractivity contribution in [2.75, 3.05) is 40.4 Å². The van der Waals surface area contributed by atoms with Gasteiger partial charge in [-0.2, -0.15) is 0 Å². The van der Waals surface area contributed by atoms with Crippen LogP contribution in [0.2, 0.25) is 0 Å². The number of hydrogen-bond acceptors (Lipinski definition) is 3. The summed E-state index contributed by atoms with van der Waals surface area (Å²) in [6.07, 6.45) is 4.30. The number of quaternary nitrogens is 1. The lowest BCUT2D eigenvalue weighted by Gasteiger charge is -2.35. The zero-order valence-corrected chi connectivity index (χ0v) is 16.4. The molecule has 0 aromatic heterocycles. The van der Waals surface area contributed by atoms with Crippen molar-refractivity contribution in [1.82, 2.24) is 4.90 Å². The van der Waals surface area contributed by atoms with Gasteiger partial charge >= 0.3 is 0 Å². The van der Waals surface area contributed by atoms with Gasteiger partial charge in [-0.3, -0.25) is 4.79 Å². The Morgan fingerprint density at radius 1 is 1.12 bits per heavy atom. The number of carbonyl (C=O) groups is 1. The fourth-order valence-corrected chi connectivity index (χ4v) is 4.30. The Bertz CT molecular complexity index is 603. The molecule has 0 radical (unpaired) electrons. The van der Waals surface area contributed by atoms with Gasteiger partial charge in [-0.25, -0.2) is 0 Å². The van der Waals surface area contributed by atoms with E-state index in [1.165, 1.54) is 10.5 Å². The molecule has 0 aliphatic carbocycles. The van der Waals surface area contributed by atoms with Gasteiger partial charge in [0.2, 0.25) is 5.91 Å². The summed E-state index contributed by atoms with van der Waals surface area (Å²) in [6, 6.07) is 6.06. The lowest BCUT2D eigenvalue weighted by atomic mass is 9.92. The number of nitrogens with one attached hydrogen (secondary N) is 1. The number of benzene rings is 1. The van der Waals surface area contributed by atoms with Crippen molar-refractivity contribution < 1.29 is 19.2 Å². The third-order valence-corrected chi connectivity index (χ3v) is 6.06. The van der Waals surface area contributed by atoms with E-state index in [-0.39, 0.29) is 5.92 Å². The molecule has 26 heavy (non-hydrogen) atoms. The molecular weight excluding hydrogens is 328 g/mol. The molecule has 2 saturated heterocycles. The maximum Gasteiger partial charge on any atom is 0.226 e. The molecule has 2 heterocycles. The number of hydrogen-bond donors (Lipinski definition) is 1. The third kappa shape index (κ3) is 4.32. The van der Waals surface area contributed by atoms with E-state index >= 15 is 0 Å². The minimum Gasteiger partial charge on any atom is -0.493 e. The molecule has 2 aliphatic heterocycles. The zero-order valence-electron chi connectivity index (χ0n) is 16.4. The molecule has 0 saturated carbocycles. The predicted octanol–water partition coefficient (Wildman–Crippen LogP) is 1.76. The summed E-state index contributed by atoms with van der Waals surface area (Å²) in [7, 11) is 3.37. The maximum atomic E-state index is 12.8. The number of piperidine rings is 2. The molecule has 1 aromatic rings. The number of amides is 1. The van der Waals surface area contributed by atoms with E-state index in [9.17, 15) is 4.79 Å². The first-order valence-electron chi connectivity index (χ1n) is 9.94. The second-order valence-corrected chi connectivity index (χ2v) is 7.86. The van der Waals surface area contributed by atoms with E-state index in [1.54, 1.807) is 14.2 Å². The molecule has 2 aliphatic rings. The van der Waals surface area contributed by atoms with Crippen LogP contribution in [-0.4, -0.2) is 51.2 Å². The Balaban J connectivity index is 1.53. The van der Waals surface area contributed by atoms with E-state index in [4.69, 9.17) is 9.47 Å². The van der Waals surface area contributed by atoms with Crippen LogP contribution in [0.1, 0.15) is 38.2 Å². The normalized spacial score (nSPS) is 24.3. The molecule has 5 nitrogen and oxygen atoms in total. The summed E-state index contributed by atoms with van der Waals surface area (Å²) in [5.74, 6) is 3.01. The van der Waals surface area contributed by atoms with Gasteiger partial charge in [-0.1, -0.05) is 13.0 Å². The zero-order chi connectivity index (χ0) is 18.5. The average molecular weight is 362 g/mol. The van der Waals surface area contributed by atoms with E-state index in [0.29, 0.717) is 5.91 Å². The van der Waals surface area contributed by atoms with Crippen LogP contribution in [0.5, 0.6) is 11.5 Å². The molecule has 0 bridgehead atoms. The Kier molecular flexibility index (Phi) is 6.41. The molecular formula is C21H33N2O3+. The number of ether oxygens (including phenoxy) is 2. The first kappa shape index (κ1) is 19.0. The molecule has 1 amide bonds. The van der Waals surface area contributed by atoms with Gasteiger partial charge < -0.3 is 19.3 Å². The molecule has 0 atom stereocenters. The van der Waals surface area contributed by atoms with E-state index < -0.39 is 0 Å². The Morgan fingerprint density at radius 3 is 2.42 bits per heavy atom. The van der Waals surface area contributed by atoms with Crippen LogP contribution in [-0.2, 0) is 11.3 Å². The second-order valence-electron chi connectivity index (χ2n) is 7.86.